The predicted molar refractivity (Wildman–Crippen MR) is 83.7 cm³/mol. The Balaban J connectivity index is 1.72. The fourth-order valence-corrected chi connectivity index (χ4v) is 3.64. The van der Waals surface area contributed by atoms with E-state index in [1.54, 1.807) is 11.3 Å². The van der Waals surface area contributed by atoms with Gasteiger partial charge in [0.25, 0.3) is 0 Å². The van der Waals surface area contributed by atoms with Crippen molar-refractivity contribution in [3.05, 3.63) is 69.6 Å². The van der Waals surface area contributed by atoms with Crippen LogP contribution >= 0.6 is 22.9 Å². The van der Waals surface area contributed by atoms with Crippen LogP contribution in [0.1, 0.15) is 10.4 Å². The quantitative estimate of drug-likeness (QED) is 0.702. The summed E-state index contributed by atoms with van der Waals surface area (Å²) in [5, 5.41) is 4.86. The van der Waals surface area contributed by atoms with E-state index in [1.165, 1.54) is 6.07 Å². The summed E-state index contributed by atoms with van der Waals surface area (Å²) in [5.74, 6) is -0.848. The molecule has 0 radical (unpaired) electrons. The normalized spacial score (nSPS) is 11.2. The van der Waals surface area contributed by atoms with Gasteiger partial charge in [0.2, 0.25) is 0 Å². The molecule has 5 heteroatoms. The van der Waals surface area contributed by atoms with Gasteiger partial charge in [-0.2, -0.15) is 0 Å². The lowest BCUT2D eigenvalue weighted by molar-refractivity contribution is 0.569. The Morgan fingerprint density at radius 3 is 2.67 bits per heavy atom. The largest absolute Gasteiger partial charge is 0.308 e. The number of rotatable bonds is 4. The molecular formula is C16H12ClF2NS. The molecule has 0 spiro atoms. The van der Waals surface area contributed by atoms with E-state index in [4.69, 9.17) is 11.6 Å². The van der Waals surface area contributed by atoms with Gasteiger partial charge in [0.15, 0.2) is 0 Å². The van der Waals surface area contributed by atoms with E-state index in [1.807, 2.05) is 24.3 Å². The summed E-state index contributed by atoms with van der Waals surface area (Å²) in [6.07, 6.45) is 0. The predicted octanol–water partition coefficient (Wildman–Crippen LogP) is 5.12. The van der Waals surface area contributed by atoms with Gasteiger partial charge in [-0.15, -0.1) is 11.3 Å². The van der Waals surface area contributed by atoms with Crippen LogP contribution in [0.25, 0.3) is 10.1 Å². The molecule has 1 nitrogen and oxygen atoms in total. The molecule has 0 saturated heterocycles. The van der Waals surface area contributed by atoms with Crippen LogP contribution in [0, 0.1) is 11.6 Å². The maximum Gasteiger partial charge on any atom is 0.127 e. The van der Waals surface area contributed by atoms with Gasteiger partial charge in [-0.3, -0.25) is 0 Å². The Kier molecular flexibility index (Phi) is 4.19. The van der Waals surface area contributed by atoms with Crippen LogP contribution in [0.3, 0.4) is 0 Å². The van der Waals surface area contributed by atoms with Crippen LogP contribution in [0.5, 0.6) is 0 Å². The molecule has 108 valence electrons. The third-order valence-electron chi connectivity index (χ3n) is 3.21. The zero-order valence-corrected chi connectivity index (χ0v) is 12.6. The smallest absolute Gasteiger partial charge is 0.127 e. The summed E-state index contributed by atoms with van der Waals surface area (Å²) >= 11 is 7.94. The highest BCUT2D eigenvalue weighted by Crippen LogP contribution is 2.34. The first-order valence-electron chi connectivity index (χ1n) is 6.45. The molecule has 1 heterocycles. The third-order valence-corrected chi connectivity index (χ3v) is 4.92. The Labute approximate surface area is 130 Å². The minimum atomic E-state index is -0.437. The summed E-state index contributed by atoms with van der Waals surface area (Å²) < 4.78 is 27.7. The summed E-state index contributed by atoms with van der Waals surface area (Å²) in [7, 11) is 0. The van der Waals surface area contributed by atoms with Crippen molar-refractivity contribution in [3.8, 4) is 0 Å². The number of fused-ring (bicyclic) bond motifs is 1. The Morgan fingerprint density at radius 2 is 1.86 bits per heavy atom. The molecule has 0 saturated carbocycles. The van der Waals surface area contributed by atoms with E-state index in [0.717, 1.165) is 32.1 Å². The van der Waals surface area contributed by atoms with Crippen molar-refractivity contribution in [1.82, 2.24) is 5.32 Å². The van der Waals surface area contributed by atoms with Crippen molar-refractivity contribution in [2.75, 3.05) is 0 Å². The number of hydrogen-bond donors (Lipinski definition) is 1. The maximum absolute atomic E-state index is 13.5. The first kappa shape index (κ1) is 14.4. The van der Waals surface area contributed by atoms with Crippen LogP contribution in [0.2, 0.25) is 5.02 Å². The highest BCUT2D eigenvalue weighted by molar-refractivity contribution is 7.19. The number of benzene rings is 2. The van der Waals surface area contributed by atoms with Gasteiger partial charge >= 0.3 is 0 Å². The molecule has 1 aromatic heterocycles. The molecule has 3 aromatic rings. The maximum atomic E-state index is 13.5. The van der Waals surface area contributed by atoms with Gasteiger partial charge < -0.3 is 5.32 Å². The van der Waals surface area contributed by atoms with E-state index in [2.05, 4.69) is 5.32 Å². The summed E-state index contributed by atoms with van der Waals surface area (Å²) in [6, 6.07) is 11.4. The van der Waals surface area contributed by atoms with Crippen molar-refractivity contribution in [1.29, 1.82) is 0 Å². The van der Waals surface area contributed by atoms with Gasteiger partial charge in [0.05, 0.1) is 5.02 Å². The highest BCUT2D eigenvalue weighted by atomic mass is 35.5. The van der Waals surface area contributed by atoms with Crippen LogP contribution in [-0.4, -0.2) is 0 Å². The van der Waals surface area contributed by atoms with Crippen LogP contribution in [0.15, 0.2) is 42.5 Å². The fraction of sp³-hybridized carbons (Fsp3) is 0.125. The Morgan fingerprint density at radius 1 is 1.05 bits per heavy atom. The third kappa shape index (κ3) is 3.07. The van der Waals surface area contributed by atoms with E-state index < -0.39 is 11.6 Å². The zero-order chi connectivity index (χ0) is 14.8. The molecule has 0 atom stereocenters. The first-order valence-corrected chi connectivity index (χ1v) is 7.65. The minimum Gasteiger partial charge on any atom is -0.308 e. The van der Waals surface area contributed by atoms with E-state index in [-0.39, 0.29) is 6.54 Å². The second-order valence-corrected chi connectivity index (χ2v) is 6.19. The van der Waals surface area contributed by atoms with Gasteiger partial charge in [0.1, 0.15) is 11.6 Å². The molecule has 21 heavy (non-hydrogen) atoms. The van der Waals surface area contributed by atoms with Crippen molar-refractivity contribution >= 4 is 33.0 Å². The molecule has 0 aliphatic heterocycles. The standard InChI is InChI=1S/C16H12ClF2NS/c17-16-12-3-1-2-4-14(12)21-15(16)9-20-8-10-7-11(18)5-6-13(10)19/h1-7,20H,8-9H2. The molecule has 0 unspecified atom stereocenters. The fourth-order valence-electron chi connectivity index (χ4n) is 2.17. The average Bonchev–Trinajstić information content (AvgIpc) is 2.80. The lowest BCUT2D eigenvalue weighted by atomic mass is 10.2. The summed E-state index contributed by atoms with van der Waals surface area (Å²) in [5.41, 5.74) is 0.312. The van der Waals surface area contributed by atoms with E-state index in [0.29, 0.717) is 12.1 Å². The second kappa shape index (κ2) is 6.10. The van der Waals surface area contributed by atoms with Crippen LogP contribution in [-0.2, 0) is 13.1 Å². The van der Waals surface area contributed by atoms with Crippen molar-refractivity contribution in [3.63, 3.8) is 0 Å². The molecule has 0 amide bonds. The number of hydrogen-bond acceptors (Lipinski definition) is 2. The molecule has 3 rings (SSSR count). The lowest BCUT2D eigenvalue weighted by Gasteiger charge is -2.05. The number of thiophene rings is 1. The van der Waals surface area contributed by atoms with E-state index in [9.17, 15) is 8.78 Å². The van der Waals surface area contributed by atoms with Crippen LogP contribution < -0.4 is 5.32 Å². The van der Waals surface area contributed by atoms with Gasteiger partial charge in [-0.25, -0.2) is 8.78 Å². The Bertz CT molecular complexity index is 785. The molecule has 2 aromatic carbocycles. The summed E-state index contributed by atoms with van der Waals surface area (Å²) in [6.45, 7) is 0.780. The molecule has 0 aliphatic rings. The van der Waals surface area contributed by atoms with Crippen molar-refractivity contribution < 1.29 is 8.78 Å². The second-order valence-electron chi connectivity index (χ2n) is 4.67. The highest BCUT2D eigenvalue weighted by Gasteiger charge is 2.10. The average molecular weight is 324 g/mol. The number of halogens is 3. The molecule has 1 N–H and O–H groups in total. The lowest BCUT2D eigenvalue weighted by Crippen LogP contribution is -2.13. The topological polar surface area (TPSA) is 12.0 Å². The minimum absolute atomic E-state index is 0.258. The van der Waals surface area contributed by atoms with Crippen molar-refractivity contribution in [2.45, 2.75) is 13.1 Å². The molecule has 0 bridgehead atoms. The van der Waals surface area contributed by atoms with Gasteiger partial charge in [-0.05, 0) is 24.3 Å². The first-order chi connectivity index (χ1) is 10.1. The SMILES string of the molecule is Fc1ccc(F)c(CNCc2sc3ccccc3c2Cl)c1. The molecule has 0 aliphatic carbocycles. The van der Waals surface area contributed by atoms with Crippen molar-refractivity contribution in [2.24, 2.45) is 0 Å². The zero-order valence-electron chi connectivity index (χ0n) is 11.0. The van der Waals surface area contributed by atoms with Crippen LogP contribution in [0.4, 0.5) is 8.78 Å². The van der Waals surface area contributed by atoms with E-state index >= 15 is 0 Å². The monoisotopic (exact) mass is 323 g/mol. The molecule has 0 fully saturated rings. The summed E-state index contributed by atoms with van der Waals surface area (Å²) in [4.78, 5) is 0.995. The molecular weight excluding hydrogens is 312 g/mol. The Hall–Kier alpha value is -1.49. The number of nitrogens with one attached hydrogen (secondary N) is 1. The van der Waals surface area contributed by atoms with Gasteiger partial charge in [0, 0.05) is 33.6 Å². The van der Waals surface area contributed by atoms with Gasteiger partial charge in [-0.1, -0.05) is 29.8 Å².